The van der Waals surface area contributed by atoms with Crippen LogP contribution in [0.25, 0.3) is 0 Å². The molecule has 7 nitrogen and oxygen atoms in total. The highest BCUT2D eigenvalue weighted by Gasteiger charge is 2.33. The molecule has 0 radical (unpaired) electrons. The number of rotatable bonds is 8. The lowest BCUT2D eigenvalue weighted by atomic mass is 10.1. The Kier molecular flexibility index (Phi) is 7.24. The van der Waals surface area contributed by atoms with Gasteiger partial charge in [0.25, 0.3) is 0 Å². The molecule has 1 unspecified atom stereocenters. The Morgan fingerprint density at radius 1 is 1.30 bits per heavy atom. The molecule has 0 bridgehead atoms. The van der Waals surface area contributed by atoms with Crippen LogP contribution in [0.5, 0.6) is 0 Å². The predicted octanol–water partition coefficient (Wildman–Crippen LogP) is 3.45. The Labute approximate surface area is 168 Å². The number of hydrogen-bond acceptors (Lipinski definition) is 7. The third kappa shape index (κ3) is 5.43. The molecule has 10 heteroatoms. The van der Waals surface area contributed by atoms with Crippen molar-refractivity contribution >= 4 is 49.8 Å². The molecule has 0 aliphatic carbocycles. The lowest BCUT2D eigenvalue weighted by Crippen LogP contribution is -2.47. The summed E-state index contributed by atoms with van der Waals surface area (Å²) in [6.07, 6.45) is 1.44. The maximum absolute atomic E-state index is 12.9. The van der Waals surface area contributed by atoms with Crippen molar-refractivity contribution in [2.45, 2.75) is 44.5 Å². The lowest BCUT2D eigenvalue weighted by molar-refractivity contribution is -0.117. The summed E-state index contributed by atoms with van der Waals surface area (Å²) in [5, 5.41) is 11.1. The second-order valence-corrected chi connectivity index (χ2v) is 10.4. The molecule has 148 valence electrons. The Hall–Kier alpha value is -1.65. The number of aryl methyl sites for hydroxylation is 2. The monoisotopic (exact) mass is 428 g/mol. The van der Waals surface area contributed by atoms with Crippen LogP contribution in [0.2, 0.25) is 0 Å². The van der Waals surface area contributed by atoms with Crippen LogP contribution in [0, 0.1) is 13.8 Å². The number of nitrogens with one attached hydrogen (secondary N) is 1. The van der Waals surface area contributed by atoms with Crippen molar-refractivity contribution in [3.05, 3.63) is 29.3 Å². The molecule has 1 atom stereocenters. The maximum Gasteiger partial charge on any atom is 0.250 e. The Morgan fingerprint density at radius 2 is 2.00 bits per heavy atom. The Morgan fingerprint density at radius 3 is 2.59 bits per heavy atom. The standard InChI is InChI=1S/C17H24N4O3S3/c1-6-13(15(22)18-16-19-20-17(26-16)25-7-2)21(27(5,23)24)14-10-11(3)8-9-12(14)4/h8-10,13H,6-7H2,1-5H3,(H,18,19,22). The van der Waals surface area contributed by atoms with Crippen LogP contribution >= 0.6 is 23.1 Å². The first kappa shape index (κ1) is 21.6. The van der Waals surface area contributed by atoms with Crippen LogP contribution in [0.3, 0.4) is 0 Å². The van der Waals surface area contributed by atoms with Crippen molar-refractivity contribution in [3.63, 3.8) is 0 Å². The summed E-state index contributed by atoms with van der Waals surface area (Å²) in [5.74, 6) is 0.433. The summed E-state index contributed by atoms with van der Waals surface area (Å²) in [6.45, 7) is 7.51. The molecule has 2 rings (SSSR count). The molecule has 0 saturated carbocycles. The van der Waals surface area contributed by atoms with E-state index < -0.39 is 22.0 Å². The molecule has 1 heterocycles. The van der Waals surface area contributed by atoms with Crippen molar-refractivity contribution in [3.8, 4) is 0 Å². The molecule has 27 heavy (non-hydrogen) atoms. The number of sulfonamides is 1. The van der Waals surface area contributed by atoms with Crippen molar-refractivity contribution in [1.82, 2.24) is 10.2 Å². The van der Waals surface area contributed by atoms with Gasteiger partial charge in [-0.15, -0.1) is 10.2 Å². The van der Waals surface area contributed by atoms with E-state index >= 15 is 0 Å². The fourth-order valence-electron chi connectivity index (χ4n) is 2.62. The number of benzene rings is 1. The highest BCUT2D eigenvalue weighted by molar-refractivity contribution is 8.01. The van der Waals surface area contributed by atoms with Crippen molar-refractivity contribution in [2.75, 3.05) is 21.6 Å². The van der Waals surface area contributed by atoms with Gasteiger partial charge >= 0.3 is 0 Å². The zero-order valence-electron chi connectivity index (χ0n) is 16.0. The molecule has 1 aromatic carbocycles. The van der Waals surface area contributed by atoms with Crippen molar-refractivity contribution in [2.24, 2.45) is 0 Å². The summed E-state index contributed by atoms with van der Waals surface area (Å²) >= 11 is 2.81. The van der Waals surface area contributed by atoms with Crippen LogP contribution in [-0.4, -0.2) is 42.6 Å². The van der Waals surface area contributed by atoms with Gasteiger partial charge in [0, 0.05) is 0 Å². The number of aromatic nitrogens is 2. The van der Waals surface area contributed by atoms with Gasteiger partial charge in [-0.25, -0.2) is 8.42 Å². The molecular weight excluding hydrogens is 404 g/mol. The quantitative estimate of drug-likeness (QED) is 0.511. The first-order chi connectivity index (χ1) is 12.7. The van der Waals surface area contributed by atoms with Gasteiger partial charge < -0.3 is 0 Å². The number of thioether (sulfide) groups is 1. The van der Waals surface area contributed by atoms with Crippen LogP contribution in [0.15, 0.2) is 22.5 Å². The molecule has 1 N–H and O–H groups in total. The minimum Gasteiger partial charge on any atom is -0.299 e. The van der Waals surface area contributed by atoms with Crippen molar-refractivity contribution in [1.29, 1.82) is 0 Å². The van der Waals surface area contributed by atoms with E-state index in [1.807, 2.05) is 32.9 Å². The first-order valence-electron chi connectivity index (χ1n) is 8.51. The highest BCUT2D eigenvalue weighted by Crippen LogP contribution is 2.29. The summed E-state index contributed by atoms with van der Waals surface area (Å²) in [4.78, 5) is 12.9. The average molecular weight is 429 g/mol. The van der Waals surface area contributed by atoms with Gasteiger partial charge in [0.15, 0.2) is 4.34 Å². The number of carbonyl (C=O) groups is 1. The van der Waals surface area contributed by atoms with Crippen LogP contribution in [0.1, 0.15) is 31.4 Å². The molecule has 0 aliphatic heterocycles. The zero-order valence-corrected chi connectivity index (χ0v) is 18.5. The average Bonchev–Trinajstić information content (AvgIpc) is 3.01. The predicted molar refractivity (Wildman–Crippen MR) is 112 cm³/mol. The minimum absolute atomic E-state index is 0.321. The van der Waals surface area contributed by atoms with Gasteiger partial charge in [0.05, 0.1) is 11.9 Å². The Balaban J connectivity index is 2.36. The van der Waals surface area contributed by atoms with E-state index in [4.69, 9.17) is 0 Å². The fourth-order valence-corrected chi connectivity index (χ4v) is 5.54. The summed E-state index contributed by atoms with van der Waals surface area (Å²) in [7, 11) is -3.67. The molecule has 2 aromatic rings. The van der Waals surface area contributed by atoms with Gasteiger partial charge in [-0.2, -0.15) is 0 Å². The number of anilines is 2. The van der Waals surface area contributed by atoms with Gasteiger partial charge in [-0.05, 0) is 43.2 Å². The van der Waals surface area contributed by atoms with E-state index in [-0.39, 0.29) is 0 Å². The molecule has 1 aromatic heterocycles. The van der Waals surface area contributed by atoms with Gasteiger partial charge in [-0.1, -0.05) is 49.1 Å². The van der Waals surface area contributed by atoms with E-state index in [0.29, 0.717) is 17.2 Å². The highest BCUT2D eigenvalue weighted by atomic mass is 32.2. The minimum atomic E-state index is -3.67. The maximum atomic E-state index is 12.9. The molecule has 0 spiro atoms. The van der Waals surface area contributed by atoms with Crippen LogP contribution in [0.4, 0.5) is 10.8 Å². The number of nitrogens with zero attached hydrogens (tertiary/aromatic N) is 3. The number of hydrogen-bond donors (Lipinski definition) is 1. The van der Waals surface area contributed by atoms with E-state index in [9.17, 15) is 13.2 Å². The van der Waals surface area contributed by atoms with Gasteiger partial charge in [0.1, 0.15) is 6.04 Å². The van der Waals surface area contributed by atoms with E-state index in [0.717, 1.165) is 27.5 Å². The van der Waals surface area contributed by atoms with Gasteiger partial charge in [-0.3, -0.25) is 14.4 Å². The van der Waals surface area contributed by atoms with Crippen LogP contribution in [-0.2, 0) is 14.8 Å². The van der Waals surface area contributed by atoms with E-state index in [1.54, 1.807) is 13.0 Å². The SMILES string of the molecule is CCSc1nnc(NC(=O)C(CC)N(c2cc(C)ccc2C)S(C)(=O)=O)s1. The molecule has 0 saturated heterocycles. The molecule has 1 amide bonds. The third-order valence-electron chi connectivity index (χ3n) is 3.84. The largest absolute Gasteiger partial charge is 0.299 e. The number of carbonyl (C=O) groups excluding carboxylic acids is 1. The fraction of sp³-hybridized carbons (Fsp3) is 0.471. The lowest BCUT2D eigenvalue weighted by Gasteiger charge is -2.31. The third-order valence-corrected chi connectivity index (χ3v) is 6.86. The molecule has 0 aliphatic rings. The first-order valence-corrected chi connectivity index (χ1v) is 12.2. The Bertz CT molecular complexity index is 912. The van der Waals surface area contributed by atoms with Gasteiger partial charge in [0.2, 0.25) is 21.1 Å². The smallest absolute Gasteiger partial charge is 0.250 e. The number of amides is 1. The second kappa shape index (κ2) is 9.03. The summed E-state index contributed by atoms with van der Waals surface area (Å²) in [6, 6.07) is 4.67. The second-order valence-electron chi connectivity index (χ2n) is 6.07. The summed E-state index contributed by atoms with van der Waals surface area (Å²) < 4.78 is 27.1. The summed E-state index contributed by atoms with van der Waals surface area (Å²) in [5.41, 5.74) is 2.22. The normalized spacial score (nSPS) is 12.6. The van der Waals surface area contributed by atoms with Crippen LogP contribution < -0.4 is 9.62 Å². The van der Waals surface area contributed by atoms with Crippen molar-refractivity contribution < 1.29 is 13.2 Å². The molecule has 0 fully saturated rings. The molecular formula is C17H24N4O3S3. The topological polar surface area (TPSA) is 92.3 Å². The zero-order chi connectivity index (χ0) is 20.2. The van der Waals surface area contributed by atoms with E-state index in [2.05, 4.69) is 15.5 Å². The van der Waals surface area contributed by atoms with E-state index in [1.165, 1.54) is 27.4 Å².